The summed E-state index contributed by atoms with van der Waals surface area (Å²) in [6.45, 7) is 1.24. The largest absolute Gasteiger partial charge is 0.341 e. The normalized spacial score (nSPS) is 29.3. The van der Waals surface area contributed by atoms with Crippen molar-refractivity contribution in [2.45, 2.75) is 43.8 Å². The van der Waals surface area contributed by atoms with Crippen LogP contribution in [0.15, 0.2) is 0 Å². The summed E-state index contributed by atoms with van der Waals surface area (Å²) >= 11 is -1.78. The fraction of sp³-hybridized carbons (Fsp3) is 0.909. The van der Waals surface area contributed by atoms with Crippen molar-refractivity contribution >= 4 is 17.0 Å². The lowest BCUT2D eigenvalue weighted by atomic mass is 10.0. The van der Waals surface area contributed by atoms with Gasteiger partial charge in [0.25, 0.3) is 0 Å². The number of carbonyl (C=O) groups excluding carboxylic acids is 1. The monoisotopic (exact) mass is 245 g/mol. The summed E-state index contributed by atoms with van der Waals surface area (Å²) in [5, 5.41) is -0.237. The average Bonchev–Trinajstić information content (AvgIpc) is 2.81. The molecule has 1 aliphatic carbocycles. The SMILES string of the molecule is O=C(C1CCCC1)N1CCCC(S(=O)O)C1. The lowest BCUT2D eigenvalue weighted by Crippen LogP contribution is -2.45. The second-order valence-corrected chi connectivity index (χ2v) is 6.03. The van der Waals surface area contributed by atoms with Gasteiger partial charge in [0.2, 0.25) is 5.91 Å². The number of nitrogens with zero attached hydrogens (tertiary/aromatic N) is 1. The first-order valence-electron chi connectivity index (χ1n) is 6.07. The summed E-state index contributed by atoms with van der Waals surface area (Å²) in [5.74, 6) is 0.401. The van der Waals surface area contributed by atoms with Crippen molar-refractivity contribution in [3.05, 3.63) is 0 Å². The summed E-state index contributed by atoms with van der Waals surface area (Å²) < 4.78 is 20.1. The van der Waals surface area contributed by atoms with Gasteiger partial charge in [0.1, 0.15) is 0 Å². The van der Waals surface area contributed by atoms with E-state index in [0.717, 1.165) is 45.1 Å². The average molecular weight is 245 g/mol. The molecule has 0 aromatic carbocycles. The number of piperidine rings is 1. The molecule has 1 aliphatic heterocycles. The third-order valence-electron chi connectivity index (χ3n) is 3.68. The number of hydrogen-bond donors (Lipinski definition) is 1. The van der Waals surface area contributed by atoms with Gasteiger partial charge in [-0.05, 0) is 25.7 Å². The van der Waals surface area contributed by atoms with E-state index in [-0.39, 0.29) is 17.1 Å². The molecule has 2 fully saturated rings. The van der Waals surface area contributed by atoms with Crippen LogP contribution in [0.3, 0.4) is 0 Å². The van der Waals surface area contributed by atoms with Crippen LogP contribution in [-0.4, -0.2) is 37.9 Å². The molecule has 1 amide bonds. The molecule has 0 aromatic heterocycles. The van der Waals surface area contributed by atoms with Gasteiger partial charge in [-0.25, -0.2) is 4.21 Å². The van der Waals surface area contributed by atoms with Crippen LogP contribution in [0.2, 0.25) is 0 Å². The summed E-state index contributed by atoms with van der Waals surface area (Å²) in [7, 11) is 0. The molecule has 0 spiro atoms. The van der Waals surface area contributed by atoms with Gasteiger partial charge in [-0.1, -0.05) is 12.8 Å². The maximum atomic E-state index is 12.1. The van der Waals surface area contributed by atoms with Crippen LogP contribution >= 0.6 is 0 Å². The van der Waals surface area contributed by atoms with E-state index in [1.165, 1.54) is 0 Å². The Labute approximate surface area is 98.7 Å². The molecule has 0 aromatic rings. The maximum absolute atomic E-state index is 12.1. The molecular formula is C11H19NO3S. The topological polar surface area (TPSA) is 57.6 Å². The third kappa shape index (κ3) is 2.63. The van der Waals surface area contributed by atoms with E-state index in [1.807, 2.05) is 0 Å². The lowest BCUT2D eigenvalue weighted by Gasteiger charge is -2.32. The fourth-order valence-electron chi connectivity index (χ4n) is 2.73. The van der Waals surface area contributed by atoms with Gasteiger partial charge in [-0.2, -0.15) is 0 Å². The minimum atomic E-state index is -1.78. The molecule has 2 rings (SSSR count). The Morgan fingerprint density at radius 3 is 2.50 bits per heavy atom. The van der Waals surface area contributed by atoms with Gasteiger partial charge in [0.05, 0.1) is 5.25 Å². The zero-order valence-electron chi connectivity index (χ0n) is 9.43. The van der Waals surface area contributed by atoms with Gasteiger partial charge < -0.3 is 9.45 Å². The molecule has 1 N–H and O–H groups in total. The van der Waals surface area contributed by atoms with Crippen molar-refractivity contribution in [3.63, 3.8) is 0 Å². The van der Waals surface area contributed by atoms with Crippen molar-refractivity contribution in [1.29, 1.82) is 0 Å². The smallest absolute Gasteiger partial charge is 0.225 e. The molecule has 1 heterocycles. The van der Waals surface area contributed by atoms with Gasteiger partial charge >= 0.3 is 0 Å². The molecule has 4 nitrogen and oxygen atoms in total. The van der Waals surface area contributed by atoms with Gasteiger partial charge in [-0.15, -0.1) is 0 Å². The Morgan fingerprint density at radius 1 is 1.19 bits per heavy atom. The third-order valence-corrected chi connectivity index (χ3v) is 4.63. The van der Waals surface area contributed by atoms with Crippen LogP contribution in [0.1, 0.15) is 38.5 Å². The van der Waals surface area contributed by atoms with E-state index < -0.39 is 11.1 Å². The second-order valence-electron chi connectivity index (χ2n) is 4.81. The van der Waals surface area contributed by atoms with Crippen molar-refractivity contribution in [2.75, 3.05) is 13.1 Å². The Hall–Kier alpha value is -0.420. The molecule has 1 saturated heterocycles. The molecule has 2 atom stereocenters. The number of carbonyl (C=O) groups is 1. The van der Waals surface area contributed by atoms with Crippen molar-refractivity contribution in [1.82, 2.24) is 4.90 Å². The van der Waals surface area contributed by atoms with Crippen LogP contribution in [0.25, 0.3) is 0 Å². The van der Waals surface area contributed by atoms with Crippen LogP contribution in [0.5, 0.6) is 0 Å². The molecule has 5 heteroatoms. The first-order chi connectivity index (χ1) is 7.68. The van der Waals surface area contributed by atoms with E-state index in [0.29, 0.717) is 6.54 Å². The molecule has 0 bridgehead atoms. The Kier molecular flexibility index (Phi) is 3.97. The predicted octanol–water partition coefficient (Wildman–Crippen LogP) is 1.39. The zero-order chi connectivity index (χ0) is 11.5. The minimum absolute atomic E-state index is 0.186. The Balaban J connectivity index is 1.93. The van der Waals surface area contributed by atoms with Gasteiger partial charge in [0.15, 0.2) is 11.1 Å². The van der Waals surface area contributed by atoms with Crippen LogP contribution in [-0.2, 0) is 15.9 Å². The molecule has 2 aliphatic rings. The van der Waals surface area contributed by atoms with Crippen LogP contribution in [0, 0.1) is 5.92 Å². The van der Waals surface area contributed by atoms with E-state index in [9.17, 15) is 9.00 Å². The first kappa shape index (κ1) is 12.0. The molecule has 2 unspecified atom stereocenters. The molecular weight excluding hydrogens is 226 g/mol. The maximum Gasteiger partial charge on any atom is 0.225 e. The van der Waals surface area contributed by atoms with E-state index >= 15 is 0 Å². The standard InChI is InChI=1S/C11H19NO3S/c13-11(9-4-1-2-5-9)12-7-3-6-10(8-12)16(14)15/h9-10H,1-8H2,(H,14,15). The van der Waals surface area contributed by atoms with Crippen molar-refractivity contribution in [2.24, 2.45) is 5.92 Å². The van der Waals surface area contributed by atoms with E-state index in [4.69, 9.17) is 4.55 Å². The fourth-order valence-corrected chi connectivity index (χ4v) is 3.41. The number of amides is 1. The number of likely N-dealkylation sites (tertiary alicyclic amines) is 1. The van der Waals surface area contributed by atoms with Crippen molar-refractivity contribution in [3.8, 4) is 0 Å². The highest BCUT2D eigenvalue weighted by Crippen LogP contribution is 2.28. The highest BCUT2D eigenvalue weighted by atomic mass is 32.2. The minimum Gasteiger partial charge on any atom is -0.341 e. The van der Waals surface area contributed by atoms with Crippen molar-refractivity contribution < 1.29 is 13.6 Å². The summed E-state index contributed by atoms with van der Waals surface area (Å²) in [4.78, 5) is 13.9. The number of hydrogen-bond acceptors (Lipinski definition) is 2. The molecule has 92 valence electrons. The van der Waals surface area contributed by atoms with Gasteiger partial charge in [0, 0.05) is 19.0 Å². The van der Waals surface area contributed by atoms with Crippen LogP contribution in [0.4, 0.5) is 0 Å². The lowest BCUT2D eigenvalue weighted by molar-refractivity contribution is -0.136. The summed E-state index contributed by atoms with van der Waals surface area (Å²) in [6, 6.07) is 0. The second kappa shape index (κ2) is 5.27. The highest BCUT2D eigenvalue weighted by molar-refractivity contribution is 7.79. The summed E-state index contributed by atoms with van der Waals surface area (Å²) in [6.07, 6.45) is 5.93. The molecule has 16 heavy (non-hydrogen) atoms. The molecule has 1 saturated carbocycles. The van der Waals surface area contributed by atoms with Gasteiger partial charge in [-0.3, -0.25) is 4.79 Å². The predicted molar refractivity (Wildman–Crippen MR) is 62.3 cm³/mol. The first-order valence-corrected chi connectivity index (χ1v) is 7.24. The quantitative estimate of drug-likeness (QED) is 0.748. The highest BCUT2D eigenvalue weighted by Gasteiger charge is 2.32. The zero-order valence-corrected chi connectivity index (χ0v) is 10.2. The Bertz CT molecular complexity index is 289. The van der Waals surface area contributed by atoms with E-state index in [2.05, 4.69) is 0 Å². The molecule has 0 radical (unpaired) electrons. The number of rotatable bonds is 2. The van der Waals surface area contributed by atoms with E-state index in [1.54, 1.807) is 4.90 Å². The van der Waals surface area contributed by atoms with Crippen LogP contribution < -0.4 is 0 Å². The summed E-state index contributed by atoms with van der Waals surface area (Å²) in [5.41, 5.74) is 0. The Morgan fingerprint density at radius 2 is 1.88 bits per heavy atom.